The van der Waals surface area contributed by atoms with Crippen molar-refractivity contribution in [2.45, 2.75) is 34.1 Å². The molecule has 1 aromatic rings. The van der Waals surface area contributed by atoms with E-state index < -0.39 is 0 Å². The van der Waals surface area contributed by atoms with Crippen LogP contribution in [0.3, 0.4) is 0 Å². The van der Waals surface area contributed by atoms with E-state index >= 15 is 0 Å². The normalized spacial score (nSPS) is 11.1. The summed E-state index contributed by atoms with van der Waals surface area (Å²) in [7, 11) is 0. The fourth-order valence-electron chi connectivity index (χ4n) is 1.54. The van der Waals surface area contributed by atoms with Gasteiger partial charge in [-0.15, -0.1) is 0 Å². The molecule has 0 saturated heterocycles. The molecular formula is C14H23N3O. The maximum atomic E-state index is 12.0. The van der Waals surface area contributed by atoms with Crippen molar-refractivity contribution in [1.82, 2.24) is 10.3 Å². The number of carbonyl (C=O) groups excluding carboxylic acids is 1. The third-order valence-electron chi connectivity index (χ3n) is 2.56. The quantitative estimate of drug-likeness (QED) is 0.843. The lowest BCUT2D eigenvalue weighted by atomic mass is 9.92. The highest BCUT2D eigenvalue weighted by molar-refractivity contribution is 5.98. The lowest BCUT2D eigenvalue weighted by Gasteiger charge is -2.18. The van der Waals surface area contributed by atoms with Crippen molar-refractivity contribution in [3.8, 4) is 0 Å². The van der Waals surface area contributed by atoms with Crippen LogP contribution in [-0.4, -0.2) is 24.0 Å². The number of nitrogens with one attached hydrogen (secondary N) is 2. The van der Waals surface area contributed by atoms with E-state index in [0.29, 0.717) is 17.9 Å². The first-order valence-electron chi connectivity index (χ1n) is 6.41. The second-order valence-corrected chi connectivity index (χ2v) is 5.50. The molecular weight excluding hydrogens is 226 g/mol. The molecule has 0 aliphatic rings. The van der Waals surface area contributed by atoms with Gasteiger partial charge in [-0.3, -0.25) is 4.79 Å². The summed E-state index contributed by atoms with van der Waals surface area (Å²) in [5.74, 6) is 0.580. The third kappa shape index (κ3) is 4.73. The highest BCUT2D eigenvalue weighted by atomic mass is 16.1. The minimum atomic E-state index is -0.0664. The van der Waals surface area contributed by atoms with Gasteiger partial charge in [0, 0.05) is 19.3 Å². The van der Waals surface area contributed by atoms with E-state index in [-0.39, 0.29) is 11.3 Å². The summed E-state index contributed by atoms with van der Waals surface area (Å²) in [5, 5.41) is 6.03. The number of hydrogen-bond acceptors (Lipinski definition) is 3. The lowest BCUT2D eigenvalue weighted by Crippen LogP contribution is -2.28. The van der Waals surface area contributed by atoms with Gasteiger partial charge in [-0.1, -0.05) is 20.8 Å². The molecule has 0 aromatic carbocycles. The van der Waals surface area contributed by atoms with Crippen molar-refractivity contribution < 1.29 is 4.79 Å². The Morgan fingerprint density at radius 2 is 2.11 bits per heavy atom. The predicted molar refractivity (Wildman–Crippen MR) is 74.8 cm³/mol. The summed E-state index contributed by atoms with van der Waals surface area (Å²) in [4.78, 5) is 16.2. The van der Waals surface area contributed by atoms with E-state index in [1.54, 1.807) is 18.3 Å². The van der Waals surface area contributed by atoms with Crippen LogP contribution in [0.2, 0.25) is 0 Å². The van der Waals surface area contributed by atoms with Crippen LogP contribution in [0.1, 0.15) is 44.5 Å². The minimum absolute atomic E-state index is 0.0664. The Morgan fingerprint density at radius 1 is 1.39 bits per heavy atom. The van der Waals surface area contributed by atoms with Gasteiger partial charge < -0.3 is 10.6 Å². The van der Waals surface area contributed by atoms with E-state index in [1.165, 1.54) is 0 Å². The molecule has 2 N–H and O–H groups in total. The average molecular weight is 249 g/mol. The molecule has 0 aliphatic carbocycles. The number of carbonyl (C=O) groups is 1. The molecule has 0 fully saturated rings. The highest BCUT2D eigenvalue weighted by Crippen LogP contribution is 2.17. The summed E-state index contributed by atoms with van der Waals surface area (Å²) in [6, 6.07) is 3.57. The first kappa shape index (κ1) is 14.5. The number of amides is 1. The van der Waals surface area contributed by atoms with Crippen molar-refractivity contribution in [1.29, 1.82) is 0 Å². The molecule has 4 nitrogen and oxygen atoms in total. The van der Waals surface area contributed by atoms with Gasteiger partial charge in [-0.25, -0.2) is 4.98 Å². The molecule has 18 heavy (non-hydrogen) atoms. The van der Waals surface area contributed by atoms with Crippen molar-refractivity contribution >= 4 is 11.7 Å². The standard InChI is InChI=1S/C14H23N3O/c1-5-15-12-11(7-6-9-16-12)13(18)17-10-8-14(2,3)4/h6-7,9H,5,8,10H2,1-4H3,(H,15,16)(H,17,18). The summed E-state index contributed by atoms with van der Waals surface area (Å²) >= 11 is 0. The number of nitrogens with zero attached hydrogens (tertiary/aromatic N) is 1. The van der Waals surface area contributed by atoms with Crippen LogP contribution >= 0.6 is 0 Å². The molecule has 1 rings (SSSR count). The number of hydrogen-bond donors (Lipinski definition) is 2. The SMILES string of the molecule is CCNc1ncccc1C(=O)NCCC(C)(C)C. The van der Waals surface area contributed by atoms with E-state index in [2.05, 4.69) is 36.4 Å². The Morgan fingerprint density at radius 3 is 2.72 bits per heavy atom. The van der Waals surface area contributed by atoms with Crippen LogP contribution in [0.15, 0.2) is 18.3 Å². The summed E-state index contributed by atoms with van der Waals surface area (Å²) < 4.78 is 0. The topological polar surface area (TPSA) is 54.0 Å². The minimum Gasteiger partial charge on any atom is -0.370 e. The molecule has 4 heteroatoms. The molecule has 0 bridgehead atoms. The lowest BCUT2D eigenvalue weighted by molar-refractivity contribution is 0.0950. The largest absolute Gasteiger partial charge is 0.370 e. The monoisotopic (exact) mass is 249 g/mol. The number of anilines is 1. The Balaban J connectivity index is 2.61. The summed E-state index contributed by atoms with van der Waals surface area (Å²) in [6.45, 7) is 9.89. The second-order valence-electron chi connectivity index (χ2n) is 5.50. The van der Waals surface area contributed by atoms with Crippen LogP contribution in [0, 0.1) is 5.41 Å². The van der Waals surface area contributed by atoms with E-state index in [4.69, 9.17) is 0 Å². The first-order chi connectivity index (χ1) is 8.44. The van der Waals surface area contributed by atoms with Gasteiger partial charge in [-0.05, 0) is 30.9 Å². The van der Waals surface area contributed by atoms with E-state index in [9.17, 15) is 4.79 Å². The zero-order valence-corrected chi connectivity index (χ0v) is 11.7. The van der Waals surface area contributed by atoms with Crippen molar-refractivity contribution in [2.24, 2.45) is 5.41 Å². The number of aromatic nitrogens is 1. The van der Waals surface area contributed by atoms with Gasteiger partial charge in [0.15, 0.2) is 0 Å². The zero-order chi connectivity index (χ0) is 13.6. The number of pyridine rings is 1. The highest BCUT2D eigenvalue weighted by Gasteiger charge is 2.13. The summed E-state index contributed by atoms with van der Waals surface area (Å²) in [6.07, 6.45) is 2.64. The maximum absolute atomic E-state index is 12.0. The maximum Gasteiger partial charge on any atom is 0.255 e. The molecule has 0 saturated carbocycles. The van der Waals surface area contributed by atoms with Crippen molar-refractivity contribution in [2.75, 3.05) is 18.4 Å². The second kappa shape index (κ2) is 6.38. The molecule has 0 atom stereocenters. The zero-order valence-electron chi connectivity index (χ0n) is 11.7. The van der Waals surface area contributed by atoms with Gasteiger partial charge >= 0.3 is 0 Å². The van der Waals surface area contributed by atoms with Crippen LogP contribution in [0.5, 0.6) is 0 Å². The van der Waals surface area contributed by atoms with Crippen LogP contribution < -0.4 is 10.6 Å². The molecule has 0 radical (unpaired) electrons. The molecule has 0 spiro atoms. The van der Waals surface area contributed by atoms with Crippen molar-refractivity contribution in [3.63, 3.8) is 0 Å². The fraction of sp³-hybridized carbons (Fsp3) is 0.571. The predicted octanol–water partition coefficient (Wildman–Crippen LogP) is 2.68. The Bertz CT molecular complexity index is 396. The van der Waals surface area contributed by atoms with Crippen LogP contribution in [0.25, 0.3) is 0 Å². The molecule has 0 aliphatic heterocycles. The molecule has 1 amide bonds. The van der Waals surface area contributed by atoms with Crippen LogP contribution in [-0.2, 0) is 0 Å². The number of rotatable bonds is 5. The van der Waals surface area contributed by atoms with Gasteiger partial charge in [-0.2, -0.15) is 0 Å². The smallest absolute Gasteiger partial charge is 0.255 e. The van der Waals surface area contributed by atoms with Gasteiger partial charge in [0.1, 0.15) is 5.82 Å². The van der Waals surface area contributed by atoms with Crippen molar-refractivity contribution in [3.05, 3.63) is 23.9 Å². The van der Waals surface area contributed by atoms with Gasteiger partial charge in [0.05, 0.1) is 5.56 Å². The molecule has 0 unspecified atom stereocenters. The Kier molecular flexibility index (Phi) is 5.13. The Hall–Kier alpha value is -1.58. The summed E-state index contributed by atoms with van der Waals surface area (Å²) in [5.41, 5.74) is 0.834. The van der Waals surface area contributed by atoms with Crippen LogP contribution in [0.4, 0.5) is 5.82 Å². The fourth-order valence-corrected chi connectivity index (χ4v) is 1.54. The van der Waals surface area contributed by atoms with E-state index in [0.717, 1.165) is 13.0 Å². The van der Waals surface area contributed by atoms with Gasteiger partial charge in [0.2, 0.25) is 0 Å². The molecule has 1 aromatic heterocycles. The van der Waals surface area contributed by atoms with E-state index in [1.807, 2.05) is 6.92 Å². The first-order valence-corrected chi connectivity index (χ1v) is 6.41. The average Bonchev–Trinajstić information content (AvgIpc) is 2.28. The Labute approximate surface area is 109 Å². The molecule has 1 heterocycles. The molecule has 100 valence electrons. The third-order valence-corrected chi connectivity index (χ3v) is 2.56. The van der Waals surface area contributed by atoms with Gasteiger partial charge in [0.25, 0.3) is 5.91 Å².